The smallest absolute Gasteiger partial charge is 0.151 e. The summed E-state index contributed by atoms with van der Waals surface area (Å²) in [5.41, 5.74) is 3.75. The summed E-state index contributed by atoms with van der Waals surface area (Å²) in [7, 11) is 0. The van der Waals surface area contributed by atoms with Crippen LogP contribution in [-0.4, -0.2) is 6.29 Å². The third-order valence-corrected chi connectivity index (χ3v) is 1.71. The third-order valence-electron chi connectivity index (χ3n) is 1.32. The van der Waals surface area contributed by atoms with Gasteiger partial charge in [0.1, 0.15) is 0 Å². The molecule has 1 aromatic rings. The Balaban J connectivity index is 3.09. The highest BCUT2D eigenvalue weighted by atomic mass is 32.1. The highest BCUT2D eigenvalue weighted by Crippen LogP contribution is 2.16. The van der Waals surface area contributed by atoms with Crippen LogP contribution in [0, 0.1) is 0 Å². The molecule has 3 nitrogen and oxygen atoms in total. The fourth-order valence-electron chi connectivity index (χ4n) is 0.733. The summed E-state index contributed by atoms with van der Waals surface area (Å²) in [5.74, 6) is 5.14. The van der Waals surface area contributed by atoms with Gasteiger partial charge in [-0.2, -0.15) is 0 Å². The Morgan fingerprint density at radius 1 is 1.55 bits per heavy atom. The van der Waals surface area contributed by atoms with Crippen molar-refractivity contribution in [1.29, 1.82) is 0 Å². The number of nitrogen functional groups attached to an aromatic ring is 1. The molecule has 0 unspecified atom stereocenters. The van der Waals surface area contributed by atoms with Crippen molar-refractivity contribution in [2.45, 2.75) is 4.90 Å². The van der Waals surface area contributed by atoms with E-state index in [2.05, 4.69) is 18.1 Å². The molecule has 0 aromatic heterocycles. The second-order valence-corrected chi connectivity index (χ2v) is 2.52. The van der Waals surface area contributed by atoms with E-state index < -0.39 is 0 Å². The number of anilines is 1. The topological polar surface area (TPSA) is 55.1 Å². The van der Waals surface area contributed by atoms with E-state index in [0.717, 1.165) is 12.0 Å². The van der Waals surface area contributed by atoms with Crippen molar-refractivity contribution < 1.29 is 4.79 Å². The molecule has 0 spiro atoms. The number of benzene rings is 1. The zero-order valence-corrected chi connectivity index (χ0v) is 6.64. The van der Waals surface area contributed by atoms with Gasteiger partial charge in [0, 0.05) is 16.1 Å². The van der Waals surface area contributed by atoms with Crippen LogP contribution in [0.25, 0.3) is 0 Å². The lowest BCUT2D eigenvalue weighted by Crippen LogP contribution is -2.06. The Labute approximate surface area is 70.0 Å². The number of aldehydes is 1. The van der Waals surface area contributed by atoms with Crippen LogP contribution in [0.5, 0.6) is 0 Å². The van der Waals surface area contributed by atoms with Crippen LogP contribution < -0.4 is 11.3 Å². The highest BCUT2D eigenvalue weighted by Gasteiger charge is 1.97. The molecular formula is C7H8N2OS. The van der Waals surface area contributed by atoms with Crippen LogP contribution in [0.1, 0.15) is 10.4 Å². The minimum atomic E-state index is 0.562. The van der Waals surface area contributed by atoms with E-state index >= 15 is 0 Å². The molecule has 0 fully saturated rings. The first kappa shape index (κ1) is 8.10. The first-order valence-electron chi connectivity index (χ1n) is 3.02. The fourth-order valence-corrected chi connectivity index (χ4v) is 0.999. The van der Waals surface area contributed by atoms with Gasteiger partial charge >= 0.3 is 0 Å². The molecule has 11 heavy (non-hydrogen) atoms. The zero-order valence-electron chi connectivity index (χ0n) is 5.74. The van der Waals surface area contributed by atoms with Crippen molar-refractivity contribution >= 4 is 24.6 Å². The Morgan fingerprint density at radius 2 is 2.27 bits per heavy atom. The summed E-state index contributed by atoms with van der Waals surface area (Å²) in [5, 5.41) is 0. The molecule has 0 aliphatic rings. The van der Waals surface area contributed by atoms with Crippen LogP contribution in [-0.2, 0) is 0 Å². The second-order valence-electron chi connectivity index (χ2n) is 2.04. The monoisotopic (exact) mass is 168 g/mol. The molecule has 4 heteroatoms. The predicted molar refractivity (Wildman–Crippen MR) is 46.9 cm³/mol. The van der Waals surface area contributed by atoms with Gasteiger partial charge in [-0.25, -0.2) is 0 Å². The van der Waals surface area contributed by atoms with Gasteiger partial charge in [0.2, 0.25) is 0 Å². The maximum absolute atomic E-state index is 10.3. The minimum Gasteiger partial charge on any atom is -0.324 e. The van der Waals surface area contributed by atoms with Gasteiger partial charge in [0.25, 0.3) is 0 Å². The zero-order chi connectivity index (χ0) is 8.27. The largest absolute Gasteiger partial charge is 0.324 e. The second kappa shape index (κ2) is 3.41. The Hall–Kier alpha value is -1.00. The van der Waals surface area contributed by atoms with Crippen molar-refractivity contribution in [2.24, 2.45) is 5.84 Å². The normalized spacial score (nSPS) is 9.27. The molecule has 1 rings (SSSR count). The van der Waals surface area contributed by atoms with Gasteiger partial charge in [0.15, 0.2) is 6.29 Å². The number of hydrogen-bond acceptors (Lipinski definition) is 4. The molecule has 1 aromatic carbocycles. The summed E-state index contributed by atoms with van der Waals surface area (Å²) < 4.78 is 0. The molecule has 0 saturated heterocycles. The van der Waals surface area contributed by atoms with Crippen molar-refractivity contribution in [2.75, 3.05) is 5.43 Å². The summed E-state index contributed by atoms with van der Waals surface area (Å²) in [4.78, 5) is 10.9. The molecule has 0 radical (unpaired) electrons. The van der Waals surface area contributed by atoms with Gasteiger partial charge in [0.05, 0.1) is 0 Å². The number of nitrogens with two attached hydrogens (primary N) is 1. The number of thiol groups is 1. The first-order chi connectivity index (χ1) is 5.27. The Bertz CT molecular complexity index is 275. The van der Waals surface area contributed by atoms with E-state index in [1.165, 1.54) is 0 Å². The Morgan fingerprint density at radius 3 is 2.73 bits per heavy atom. The quantitative estimate of drug-likeness (QED) is 0.268. The van der Waals surface area contributed by atoms with E-state index in [1.807, 2.05) is 0 Å². The number of carbonyl (C=O) groups excluding carboxylic acids is 1. The fraction of sp³-hybridized carbons (Fsp3) is 0. The molecule has 0 bridgehead atoms. The van der Waals surface area contributed by atoms with Crippen molar-refractivity contribution in [1.82, 2.24) is 0 Å². The third kappa shape index (κ3) is 1.72. The molecule has 0 amide bonds. The standard InChI is InChI=1S/C7H8N2OS/c8-9-6-2-1-5(4-10)7(11)3-6/h1-4,9,11H,8H2. The van der Waals surface area contributed by atoms with Crippen LogP contribution in [0.3, 0.4) is 0 Å². The van der Waals surface area contributed by atoms with Crippen molar-refractivity contribution in [3.8, 4) is 0 Å². The average molecular weight is 168 g/mol. The van der Waals surface area contributed by atoms with Crippen LogP contribution in [0.4, 0.5) is 5.69 Å². The molecule has 0 saturated carbocycles. The number of hydrogen-bond donors (Lipinski definition) is 3. The number of hydrazine groups is 1. The van der Waals surface area contributed by atoms with Crippen LogP contribution in [0.15, 0.2) is 23.1 Å². The van der Waals surface area contributed by atoms with E-state index in [1.54, 1.807) is 18.2 Å². The Kier molecular flexibility index (Phi) is 2.51. The van der Waals surface area contributed by atoms with Gasteiger partial charge < -0.3 is 5.43 Å². The van der Waals surface area contributed by atoms with Crippen LogP contribution >= 0.6 is 12.6 Å². The summed E-state index contributed by atoms with van der Waals surface area (Å²) in [6.07, 6.45) is 0.753. The lowest BCUT2D eigenvalue weighted by molar-refractivity contribution is 0.112. The molecule has 0 aliphatic heterocycles. The highest BCUT2D eigenvalue weighted by molar-refractivity contribution is 7.80. The minimum absolute atomic E-state index is 0.562. The summed E-state index contributed by atoms with van der Waals surface area (Å²) >= 11 is 4.07. The molecule has 0 atom stereocenters. The van der Waals surface area contributed by atoms with E-state index in [0.29, 0.717) is 10.5 Å². The lowest BCUT2D eigenvalue weighted by atomic mass is 10.2. The number of rotatable bonds is 2. The van der Waals surface area contributed by atoms with Gasteiger partial charge in [-0.3, -0.25) is 10.6 Å². The SMILES string of the molecule is NNc1ccc(C=O)c(S)c1. The maximum atomic E-state index is 10.3. The maximum Gasteiger partial charge on any atom is 0.151 e. The predicted octanol–water partition coefficient (Wildman–Crippen LogP) is 1.07. The number of carbonyl (C=O) groups is 1. The average Bonchev–Trinajstić information content (AvgIpc) is 2.04. The molecule has 0 aliphatic carbocycles. The molecule has 58 valence electrons. The van der Waals surface area contributed by atoms with Gasteiger partial charge in [-0.1, -0.05) is 0 Å². The van der Waals surface area contributed by atoms with Crippen molar-refractivity contribution in [3.05, 3.63) is 23.8 Å². The van der Waals surface area contributed by atoms with Gasteiger partial charge in [-0.05, 0) is 18.2 Å². The van der Waals surface area contributed by atoms with Crippen LogP contribution in [0.2, 0.25) is 0 Å². The molecule has 0 heterocycles. The lowest BCUT2D eigenvalue weighted by Gasteiger charge is -2.01. The van der Waals surface area contributed by atoms with E-state index in [4.69, 9.17) is 5.84 Å². The van der Waals surface area contributed by atoms with Gasteiger partial charge in [-0.15, -0.1) is 12.6 Å². The number of nitrogens with one attached hydrogen (secondary N) is 1. The van der Waals surface area contributed by atoms with Crippen molar-refractivity contribution in [3.63, 3.8) is 0 Å². The molecule has 3 N–H and O–H groups in total. The summed E-state index contributed by atoms with van der Waals surface area (Å²) in [6.45, 7) is 0. The van der Waals surface area contributed by atoms with E-state index in [9.17, 15) is 4.79 Å². The van der Waals surface area contributed by atoms with E-state index in [-0.39, 0.29) is 0 Å². The molecular weight excluding hydrogens is 160 g/mol. The first-order valence-corrected chi connectivity index (χ1v) is 3.47. The summed E-state index contributed by atoms with van der Waals surface area (Å²) in [6, 6.07) is 5.06.